The summed E-state index contributed by atoms with van der Waals surface area (Å²) in [6.45, 7) is 11.2. The monoisotopic (exact) mass is 410 g/mol. The van der Waals surface area contributed by atoms with E-state index in [1.807, 2.05) is 55.1 Å². The number of anilines is 1. The van der Waals surface area contributed by atoms with E-state index in [4.69, 9.17) is 11.5 Å². The first-order chi connectivity index (χ1) is 13.9. The molecule has 29 heavy (non-hydrogen) atoms. The van der Waals surface area contributed by atoms with Crippen molar-refractivity contribution in [3.63, 3.8) is 0 Å². The largest absolute Gasteiger partial charge is 0.398 e. The van der Waals surface area contributed by atoms with Crippen LogP contribution in [0.15, 0.2) is 64.9 Å². The van der Waals surface area contributed by atoms with E-state index in [1.54, 1.807) is 11.8 Å². The van der Waals surface area contributed by atoms with Crippen molar-refractivity contribution < 1.29 is 4.79 Å². The molecule has 5 nitrogen and oxygen atoms in total. The summed E-state index contributed by atoms with van der Waals surface area (Å²) in [5, 5.41) is 0. The summed E-state index contributed by atoms with van der Waals surface area (Å²) in [5.74, 6) is 0.186. The predicted molar refractivity (Wildman–Crippen MR) is 121 cm³/mol. The highest BCUT2D eigenvalue weighted by Crippen LogP contribution is 2.37. The summed E-state index contributed by atoms with van der Waals surface area (Å²) >= 11 is 1.65. The molecule has 1 aliphatic rings. The second kappa shape index (κ2) is 9.37. The molecule has 1 saturated heterocycles. The van der Waals surface area contributed by atoms with E-state index in [0.717, 1.165) is 39.8 Å². The molecule has 154 valence electrons. The van der Waals surface area contributed by atoms with E-state index >= 15 is 0 Å². The van der Waals surface area contributed by atoms with Crippen LogP contribution in [-0.4, -0.2) is 47.9 Å². The molecule has 1 aliphatic heterocycles. The van der Waals surface area contributed by atoms with E-state index in [-0.39, 0.29) is 11.8 Å². The molecule has 2 aromatic rings. The average molecular weight is 411 g/mol. The number of benzene rings is 2. The first kappa shape index (κ1) is 21.3. The quantitative estimate of drug-likeness (QED) is 0.713. The number of nitrogens with two attached hydrogens (primary N) is 2. The fourth-order valence-corrected chi connectivity index (χ4v) is 4.36. The second-order valence-electron chi connectivity index (χ2n) is 7.66. The van der Waals surface area contributed by atoms with Gasteiger partial charge < -0.3 is 21.3 Å². The van der Waals surface area contributed by atoms with Gasteiger partial charge >= 0.3 is 0 Å². The Morgan fingerprint density at radius 2 is 1.52 bits per heavy atom. The Balaban J connectivity index is 1.69. The summed E-state index contributed by atoms with van der Waals surface area (Å²) in [7, 11) is 0. The van der Waals surface area contributed by atoms with Gasteiger partial charge in [-0.25, -0.2) is 0 Å². The van der Waals surface area contributed by atoms with Crippen LogP contribution in [-0.2, 0) is 4.79 Å². The van der Waals surface area contributed by atoms with E-state index in [0.29, 0.717) is 13.1 Å². The van der Waals surface area contributed by atoms with Crippen molar-refractivity contribution in [2.24, 2.45) is 11.7 Å². The van der Waals surface area contributed by atoms with Crippen LogP contribution in [0.5, 0.6) is 0 Å². The highest BCUT2D eigenvalue weighted by atomic mass is 32.2. The number of carbonyl (C=O) groups excluding carboxylic acids is 1. The van der Waals surface area contributed by atoms with E-state index in [1.165, 1.54) is 0 Å². The third-order valence-electron chi connectivity index (χ3n) is 5.31. The smallest absolute Gasteiger partial charge is 0.239 e. The minimum atomic E-state index is -0.432. The summed E-state index contributed by atoms with van der Waals surface area (Å²) in [6, 6.07) is 15.7. The van der Waals surface area contributed by atoms with Crippen molar-refractivity contribution in [1.29, 1.82) is 0 Å². The van der Waals surface area contributed by atoms with Crippen molar-refractivity contribution in [2.45, 2.75) is 29.7 Å². The van der Waals surface area contributed by atoms with Crippen molar-refractivity contribution in [3.8, 4) is 0 Å². The van der Waals surface area contributed by atoms with Crippen LogP contribution in [0.1, 0.15) is 19.4 Å². The van der Waals surface area contributed by atoms with Gasteiger partial charge in [-0.15, -0.1) is 0 Å². The van der Waals surface area contributed by atoms with Crippen molar-refractivity contribution in [2.75, 3.05) is 31.9 Å². The number of carbonyl (C=O) groups is 1. The molecule has 1 unspecified atom stereocenters. The van der Waals surface area contributed by atoms with Gasteiger partial charge in [0.1, 0.15) is 0 Å². The van der Waals surface area contributed by atoms with Gasteiger partial charge in [0.25, 0.3) is 0 Å². The maximum absolute atomic E-state index is 12.5. The van der Waals surface area contributed by atoms with Crippen LogP contribution in [0.25, 0.3) is 5.70 Å². The lowest BCUT2D eigenvalue weighted by molar-refractivity contribution is -0.134. The van der Waals surface area contributed by atoms with E-state index in [9.17, 15) is 4.79 Å². The average Bonchev–Trinajstić information content (AvgIpc) is 2.74. The molecule has 0 saturated carbocycles. The lowest BCUT2D eigenvalue weighted by Crippen LogP contribution is -2.53. The zero-order valence-electron chi connectivity index (χ0n) is 17.2. The number of nitrogens with zero attached hydrogens (tertiary/aromatic N) is 2. The molecule has 0 bridgehead atoms. The SMILES string of the molecule is C=C(c1ccccc1Sc1ccccc1N)N1CCN(C(=O)C(N)C(C)C)CC1. The fourth-order valence-electron chi connectivity index (χ4n) is 3.35. The van der Waals surface area contributed by atoms with Crippen LogP contribution >= 0.6 is 11.8 Å². The lowest BCUT2D eigenvalue weighted by Gasteiger charge is -2.38. The third-order valence-corrected chi connectivity index (χ3v) is 6.48. The minimum Gasteiger partial charge on any atom is -0.398 e. The van der Waals surface area contributed by atoms with Crippen molar-refractivity contribution >= 4 is 29.1 Å². The number of amides is 1. The molecule has 1 heterocycles. The van der Waals surface area contributed by atoms with Crippen molar-refractivity contribution in [1.82, 2.24) is 9.80 Å². The Morgan fingerprint density at radius 3 is 2.14 bits per heavy atom. The van der Waals surface area contributed by atoms with Gasteiger partial charge in [0.05, 0.1) is 6.04 Å². The van der Waals surface area contributed by atoms with Crippen LogP contribution in [0.2, 0.25) is 0 Å². The lowest BCUT2D eigenvalue weighted by atomic mass is 10.0. The van der Waals surface area contributed by atoms with E-state index in [2.05, 4.69) is 23.6 Å². The number of rotatable bonds is 6. The van der Waals surface area contributed by atoms with Crippen LogP contribution in [0.3, 0.4) is 0 Å². The summed E-state index contributed by atoms with van der Waals surface area (Å²) in [5.41, 5.74) is 15.0. The maximum Gasteiger partial charge on any atom is 0.239 e. The molecule has 0 spiro atoms. The van der Waals surface area contributed by atoms with Gasteiger partial charge in [-0.2, -0.15) is 0 Å². The summed E-state index contributed by atoms with van der Waals surface area (Å²) in [4.78, 5) is 18.8. The first-order valence-electron chi connectivity index (χ1n) is 9.98. The highest BCUT2D eigenvalue weighted by Gasteiger charge is 2.27. The highest BCUT2D eigenvalue weighted by molar-refractivity contribution is 7.99. The molecule has 2 aromatic carbocycles. The number of hydrogen-bond donors (Lipinski definition) is 2. The second-order valence-corrected chi connectivity index (χ2v) is 8.75. The predicted octanol–water partition coefficient (Wildman–Crippen LogP) is 3.52. The Hall–Kier alpha value is -2.44. The zero-order valence-corrected chi connectivity index (χ0v) is 18.0. The van der Waals surface area contributed by atoms with Gasteiger partial charge in [0, 0.05) is 52.9 Å². The maximum atomic E-state index is 12.5. The van der Waals surface area contributed by atoms with Crippen LogP contribution < -0.4 is 11.5 Å². The number of hydrogen-bond acceptors (Lipinski definition) is 5. The van der Waals surface area contributed by atoms with Crippen LogP contribution in [0, 0.1) is 5.92 Å². The number of para-hydroxylation sites is 1. The molecule has 1 atom stereocenters. The molecular formula is C23H30N4OS. The minimum absolute atomic E-state index is 0.0424. The van der Waals surface area contributed by atoms with Crippen molar-refractivity contribution in [3.05, 3.63) is 60.7 Å². The Bertz CT molecular complexity index is 875. The molecule has 4 N–H and O–H groups in total. The van der Waals surface area contributed by atoms with Gasteiger partial charge in [-0.3, -0.25) is 4.79 Å². The first-order valence-corrected chi connectivity index (χ1v) is 10.8. The standard InChI is InChI=1S/C23H30N4OS/c1-16(2)22(25)23(28)27-14-12-26(13-15-27)17(3)18-8-4-6-10-20(18)29-21-11-7-5-9-19(21)24/h4-11,16,22H,3,12-15,24-25H2,1-2H3. The van der Waals surface area contributed by atoms with E-state index < -0.39 is 6.04 Å². The Kier molecular flexibility index (Phi) is 6.87. The summed E-state index contributed by atoms with van der Waals surface area (Å²) < 4.78 is 0. The van der Waals surface area contributed by atoms with Gasteiger partial charge in [0.15, 0.2) is 0 Å². The normalized spacial score (nSPS) is 15.4. The molecule has 6 heteroatoms. The number of nitrogen functional groups attached to an aromatic ring is 1. The van der Waals surface area contributed by atoms with Gasteiger partial charge in [-0.05, 0) is 24.1 Å². The zero-order chi connectivity index (χ0) is 21.0. The van der Waals surface area contributed by atoms with Gasteiger partial charge in [-0.1, -0.05) is 62.5 Å². The van der Waals surface area contributed by atoms with Gasteiger partial charge in [0.2, 0.25) is 5.91 Å². The molecule has 3 rings (SSSR count). The fraction of sp³-hybridized carbons (Fsp3) is 0.348. The molecule has 1 amide bonds. The molecule has 0 aromatic heterocycles. The third kappa shape index (κ3) is 4.95. The molecule has 1 fully saturated rings. The molecule has 0 aliphatic carbocycles. The Labute approximate surface area is 177 Å². The van der Waals surface area contributed by atoms with Crippen LogP contribution in [0.4, 0.5) is 5.69 Å². The number of piperazine rings is 1. The summed E-state index contributed by atoms with van der Waals surface area (Å²) in [6.07, 6.45) is 0. The molecule has 0 radical (unpaired) electrons. The molecular weight excluding hydrogens is 380 g/mol. The Morgan fingerprint density at radius 1 is 0.966 bits per heavy atom. The topological polar surface area (TPSA) is 75.6 Å².